The van der Waals surface area contributed by atoms with Crippen LogP contribution in [0.4, 0.5) is 0 Å². The van der Waals surface area contributed by atoms with E-state index < -0.39 is 11.5 Å². The van der Waals surface area contributed by atoms with Crippen LogP contribution < -0.4 is 0 Å². The summed E-state index contributed by atoms with van der Waals surface area (Å²) in [6.45, 7) is 4.39. The van der Waals surface area contributed by atoms with Crippen molar-refractivity contribution in [3.63, 3.8) is 0 Å². The number of rotatable bonds is 0. The predicted molar refractivity (Wildman–Crippen MR) is 83.1 cm³/mol. The summed E-state index contributed by atoms with van der Waals surface area (Å²) in [6, 6.07) is 0. The van der Waals surface area contributed by atoms with E-state index in [1.807, 2.05) is 6.92 Å². The van der Waals surface area contributed by atoms with Gasteiger partial charge in [0, 0.05) is 19.3 Å². The molecule has 0 aromatic rings. The van der Waals surface area contributed by atoms with Crippen molar-refractivity contribution < 1.29 is 14.7 Å². The maximum atomic E-state index is 12.4. The minimum atomic E-state index is -0.491. The van der Waals surface area contributed by atoms with Crippen LogP contribution in [0.3, 0.4) is 0 Å². The first-order chi connectivity index (χ1) is 10.4. The molecule has 0 radical (unpaired) electrons. The summed E-state index contributed by atoms with van der Waals surface area (Å²) in [6.07, 6.45) is 6.64. The molecule has 3 nitrogen and oxygen atoms in total. The van der Waals surface area contributed by atoms with Crippen molar-refractivity contribution in [3.8, 4) is 0 Å². The molecule has 0 aromatic heterocycles. The number of fused-ring (bicyclic) bond motifs is 5. The fourth-order valence-electron chi connectivity index (χ4n) is 6.79. The minimum absolute atomic E-state index is 0.199. The summed E-state index contributed by atoms with van der Waals surface area (Å²) < 4.78 is 0. The van der Waals surface area contributed by atoms with Crippen molar-refractivity contribution in [1.29, 1.82) is 0 Å². The van der Waals surface area contributed by atoms with Crippen LogP contribution in [-0.4, -0.2) is 22.8 Å². The third-order valence-corrected chi connectivity index (χ3v) is 8.30. The van der Waals surface area contributed by atoms with E-state index in [1.165, 1.54) is 0 Å². The smallest absolute Gasteiger partial charge is 0.141 e. The molecule has 0 aromatic carbocycles. The van der Waals surface area contributed by atoms with Gasteiger partial charge < -0.3 is 5.11 Å². The van der Waals surface area contributed by atoms with Gasteiger partial charge in [-0.25, -0.2) is 0 Å². The van der Waals surface area contributed by atoms with E-state index in [2.05, 4.69) is 6.92 Å². The third kappa shape index (κ3) is 1.72. The van der Waals surface area contributed by atoms with Crippen LogP contribution in [0.2, 0.25) is 0 Å². The average molecular weight is 304 g/mol. The summed E-state index contributed by atoms with van der Waals surface area (Å²) >= 11 is 0. The van der Waals surface area contributed by atoms with Gasteiger partial charge in [0.1, 0.15) is 11.6 Å². The monoisotopic (exact) mass is 304 g/mol. The number of carbonyl (C=O) groups is 2. The standard InChI is InChI=1S/C19H28O3/c1-18-8-7-12(20)9-11(18)3-4-13-14-5-6-16(21)19(14,2)17(22)10-15(13)18/h11,13-15,17,22H,3-10H2,1-2H3/t11-,13-,14-,15-,17+,18-,19-/m0/s1. The largest absolute Gasteiger partial charge is 0.392 e. The molecule has 122 valence electrons. The molecule has 4 aliphatic carbocycles. The Balaban J connectivity index is 1.69. The summed E-state index contributed by atoms with van der Waals surface area (Å²) in [7, 11) is 0. The van der Waals surface area contributed by atoms with Crippen LogP contribution in [0.5, 0.6) is 0 Å². The second-order valence-corrected chi connectivity index (χ2v) is 8.90. The Morgan fingerprint density at radius 1 is 1.05 bits per heavy atom. The van der Waals surface area contributed by atoms with Gasteiger partial charge in [-0.1, -0.05) is 6.92 Å². The molecule has 0 heterocycles. The van der Waals surface area contributed by atoms with E-state index in [0.717, 1.165) is 38.5 Å². The second kappa shape index (κ2) is 4.66. The Morgan fingerprint density at radius 2 is 1.82 bits per heavy atom. The van der Waals surface area contributed by atoms with Crippen LogP contribution in [0.25, 0.3) is 0 Å². The van der Waals surface area contributed by atoms with Gasteiger partial charge in [0.05, 0.1) is 11.5 Å². The summed E-state index contributed by atoms with van der Waals surface area (Å²) in [5, 5.41) is 10.8. The van der Waals surface area contributed by atoms with Crippen molar-refractivity contribution >= 4 is 11.6 Å². The zero-order chi connectivity index (χ0) is 15.7. The Morgan fingerprint density at radius 3 is 2.59 bits per heavy atom. The molecule has 22 heavy (non-hydrogen) atoms. The first kappa shape index (κ1) is 14.9. The number of Topliss-reactive ketones (excluding diaryl/α,β-unsaturated/α-hetero) is 2. The van der Waals surface area contributed by atoms with Crippen LogP contribution in [0.1, 0.15) is 65.2 Å². The molecule has 3 heteroatoms. The van der Waals surface area contributed by atoms with Crippen LogP contribution >= 0.6 is 0 Å². The molecule has 4 fully saturated rings. The molecule has 7 atom stereocenters. The highest BCUT2D eigenvalue weighted by Crippen LogP contribution is 2.65. The van der Waals surface area contributed by atoms with Crippen molar-refractivity contribution in [2.45, 2.75) is 71.3 Å². The topological polar surface area (TPSA) is 54.4 Å². The molecule has 0 unspecified atom stereocenters. The molecular weight excluding hydrogens is 276 g/mol. The summed E-state index contributed by atoms with van der Waals surface area (Å²) in [5.74, 6) is 2.66. The van der Waals surface area contributed by atoms with E-state index in [0.29, 0.717) is 42.3 Å². The van der Waals surface area contributed by atoms with Crippen LogP contribution in [-0.2, 0) is 9.59 Å². The molecule has 0 amide bonds. The third-order valence-electron chi connectivity index (χ3n) is 8.30. The maximum Gasteiger partial charge on any atom is 0.141 e. The lowest BCUT2D eigenvalue weighted by Gasteiger charge is -2.60. The maximum absolute atomic E-state index is 12.4. The van der Waals surface area contributed by atoms with E-state index >= 15 is 0 Å². The zero-order valence-corrected chi connectivity index (χ0v) is 13.8. The first-order valence-corrected chi connectivity index (χ1v) is 9.10. The summed E-state index contributed by atoms with van der Waals surface area (Å²) in [4.78, 5) is 24.3. The van der Waals surface area contributed by atoms with Crippen LogP contribution in [0, 0.1) is 34.5 Å². The molecule has 4 saturated carbocycles. The molecule has 0 spiro atoms. The molecule has 1 N–H and O–H groups in total. The first-order valence-electron chi connectivity index (χ1n) is 9.10. The molecular formula is C19H28O3. The van der Waals surface area contributed by atoms with Crippen molar-refractivity contribution in [1.82, 2.24) is 0 Å². The Kier molecular flexibility index (Phi) is 3.15. The zero-order valence-electron chi connectivity index (χ0n) is 13.8. The van der Waals surface area contributed by atoms with E-state index in [-0.39, 0.29) is 11.2 Å². The number of hydrogen-bond donors (Lipinski definition) is 1. The molecule has 4 rings (SSSR count). The van der Waals surface area contributed by atoms with Gasteiger partial charge in [0.15, 0.2) is 0 Å². The lowest BCUT2D eigenvalue weighted by Crippen LogP contribution is -2.58. The highest BCUT2D eigenvalue weighted by atomic mass is 16.3. The Labute approximate surface area is 132 Å². The van der Waals surface area contributed by atoms with E-state index in [4.69, 9.17) is 0 Å². The predicted octanol–water partition coefficient (Wildman–Crippen LogP) is 3.14. The average Bonchev–Trinajstić information content (AvgIpc) is 2.79. The van der Waals surface area contributed by atoms with Gasteiger partial charge in [0.25, 0.3) is 0 Å². The lowest BCUT2D eigenvalue weighted by atomic mass is 9.44. The van der Waals surface area contributed by atoms with Gasteiger partial charge in [-0.15, -0.1) is 0 Å². The fourth-order valence-corrected chi connectivity index (χ4v) is 6.79. The highest BCUT2D eigenvalue weighted by Gasteiger charge is 2.63. The quantitative estimate of drug-likeness (QED) is 0.748. The SMILES string of the molecule is C[C@]12CCC(=O)C[C@@H]1CC[C@@H]1[C@@H]2C[C@@H](O)[C@]2(C)C(=O)CC[C@@H]12. The second-order valence-electron chi connectivity index (χ2n) is 8.90. The fraction of sp³-hybridized carbons (Fsp3) is 0.895. The molecule has 4 aliphatic rings. The number of hydrogen-bond acceptors (Lipinski definition) is 3. The van der Waals surface area contributed by atoms with Gasteiger partial charge in [-0.05, 0) is 68.1 Å². The summed E-state index contributed by atoms with van der Waals surface area (Å²) in [5.41, 5.74) is -0.292. The Hall–Kier alpha value is -0.700. The van der Waals surface area contributed by atoms with Crippen molar-refractivity contribution in [2.24, 2.45) is 34.5 Å². The van der Waals surface area contributed by atoms with Gasteiger partial charge in [0.2, 0.25) is 0 Å². The van der Waals surface area contributed by atoms with Gasteiger partial charge in [-0.3, -0.25) is 9.59 Å². The van der Waals surface area contributed by atoms with Crippen molar-refractivity contribution in [2.75, 3.05) is 0 Å². The van der Waals surface area contributed by atoms with Crippen LogP contribution in [0.15, 0.2) is 0 Å². The van der Waals surface area contributed by atoms with E-state index in [1.54, 1.807) is 0 Å². The molecule has 0 aliphatic heterocycles. The highest BCUT2D eigenvalue weighted by molar-refractivity contribution is 5.88. The molecule has 0 bridgehead atoms. The van der Waals surface area contributed by atoms with Gasteiger partial charge >= 0.3 is 0 Å². The minimum Gasteiger partial charge on any atom is -0.392 e. The normalized spacial score (nSPS) is 54.6. The number of ketones is 2. The number of aliphatic hydroxyl groups is 1. The lowest BCUT2D eigenvalue weighted by molar-refractivity contribution is -0.166. The van der Waals surface area contributed by atoms with Crippen molar-refractivity contribution in [3.05, 3.63) is 0 Å². The molecule has 0 saturated heterocycles. The van der Waals surface area contributed by atoms with Gasteiger partial charge in [-0.2, -0.15) is 0 Å². The van der Waals surface area contributed by atoms with E-state index in [9.17, 15) is 14.7 Å². The Bertz CT molecular complexity index is 527. The number of aliphatic hydroxyl groups excluding tert-OH is 1. The number of carbonyl (C=O) groups excluding carboxylic acids is 2.